The quantitative estimate of drug-likeness (QED) is 0.211. The van der Waals surface area contributed by atoms with Crippen LogP contribution >= 0.6 is 0 Å². The monoisotopic (exact) mass is 548 g/mol. The van der Waals surface area contributed by atoms with Gasteiger partial charge in [-0.1, -0.05) is 97.1 Å². The van der Waals surface area contributed by atoms with Crippen molar-refractivity contribution in [2.45, 2.75) is 0 Å². The Morgan fingerprint density at radius 2 is 0.884 bits per heavy atom. The maximum atomic E-state index is 5.26. The molecule has 10 aromatic rings. The van der Waals surface area contributed by atoms with Gasteiger partial charge in [0.05, 0.1) is 33.1 Å². The van der Waals surface area contributed by atoms with Gasteiger partial charge in [-0.25, -0.2) is 4.98 Å². The van der Waals surface area contributed by atoms with Crippen LogP contribution in [0.2, 0.25) is 0 Å². The molecule has 0 saturated heterocycles. The van der Waals surface area contributed by atoms with Gasteiger partial charge in [0, 0.05) is 32.6 Å². The van der Waals surface area contributed by atoms with Gasteiger partial charge in [0.15, 0.2) is 0 Å². The molecule has 0 aliphatic carbocycles. The Bertz CT molecular complexity index is 2630. The molecule has 0 N–H and O–H groups in total. The standard InChI is InChI=1S/C39H24N4/c1-2-12-27-25(11-1)23-38(42-35-19-9-5-15-30(35)31-16-6-10-20-36(31)42)43-37-24-26(21-22-32(37)40-39(27)43)41-33-17-7-3-13-28(33)29-14-4-8-18-34(29)41/h1-24H. The number of fused-ring (bicyclic) bond motifs is 11. The Balaban J connectivity index is 1.38. The summed E-state index contributed by atoms with van der Waals surface area (Å²) in [6.07, 6.45) is 0. The fraction of sp³-hybridized carbons (Fsp3) is 0. The van der Waals surface area contributed by atoms with E-state index in [4.69, 9.17) is 4.98 Å². The number of hydrogen-bond acceptors (Lipinski definition) is 1. The van der Waals surface area contributed by atoms with Gasteiger partial charge >= 0.3 is 0 Å². The molecule has 0 amide bonds. The molecule has 0 bridgehead atoms. The van der Waals surface area contributed by atoms with Crippen LogP contribution in [0.1, 0.15) is 0 Å². The first-order chi connectivity index (χ1) is 21.3. The number of rotatable bonds is 2. The van der Waals surface area contributed by atoms with Crippen LogP contribution in [0.3, 0.4) is 0 Å². The zero-order valence-corrected chi connectivity index (χ0v) is 23.1. The number of pyridine rings is 1. The van der Waals surface area contributed by atoms with Gasteiger partial charge in [-0.3, -0.25) is 8.97 Å². The highest BCUT2D eigenvalue weighted by molar-refractivity contribution is 6.11. The van der Waals surface area contributed by atoms with E-state index in [0.717, 1.165) is 33.6 Å². The van der Waals surface area contributed by atoms with Crippen molar-refractivity contribution in [1.82, 2.24) is 18.5 Å². The van der Waals surface area contributed by atoms with Gasteiger partial charge in [-0.2, -0.15) is 0 Å². The zero-order valence-electron chi connectivity index (χ0n) is 23.1. The fourth-order valence-electron chi connectivity index (χ4n) is 7.18. The molecule has 4 heteroatoms. The first kappa shape index (κ1) is 22.8. The first-order valence-corrected chi connectivity index (χ1v) is 14.7. The minimum Gasteiger partial charge on any atom is -0.309 e. The second-order valence-electron chi connectivity index (χ2n) is 11.3. The van der Waals surface area contributed by atoms with E-state index in [1.165, 1.54) is 49.0 Å². The van der Waals surface area contributed by atoms with Crippen molar-refractivity contribution in [3.63, 3.8) is 0 Å². The average molecular weight is 549 g/mol. The van der Waals surface area contributed by atoms with Crippen LogP contribution in [0.15, 0.2) is 146 Å². The molecule has 4 nitrogen and oxygen atoms in total. The molecule has 200 valence electrons. The lowest BCUT2D eigenvalue weighted by Gasteiger charge is -2.14. The molecule has 0 aliphatic rings. The highest BCUT2D eigenvalue weighted by Crippen LogP contribution is 2.37. The summed E-state index contributed by atoms with van der Waals surface area (Å²) in [5.41, 5.74) is 8.90. The van der Waals surface area contributed by atoms with Crippen LogP contribution < -0.4 is 0 Å². The number of aromatic nitrogens is 4. The molecule has 4 heterocycles. The topological polar surface area (TPSA) is 27.2 Å². The first-order valence-electron chi connectivity index (χ1n) is 14.7. The van der Waals surface area contributed by atoms with Gasteiger partial charge in [0.2, 0.25) is 0 Å². The second-order valence-corrected chi connectivity index (χ2v) is 11.3. The molecule has 0 radical (unpaired) electrons. The summed E-state index contributed by atoms with van der Waals surface area (Å²) in [5.74, 6) is 1.08. The SMILES string of the molecule is c1ccc2c(c1)cc(-n1c3ccccc3c3ccccc31)n1c3cc(-n4c5ccccc5c5ccccc54)ccc3nc21. The zero-order chi connectivity index (χ0) is 28.1. The molecule has 0 atom stereocenters. The summed E-state index contributed by atoms with van der Waals surface area (Å²) in [6, 6.07) is 52.3. The summed E-state index contributed by atoms with van der Waals surface area (Å²) < 4.78 is 7.14. The van der Waals surface area contributed by atoms with Crippen LogP contribution in [-0.4, -0.2) is 18.5 Å². The third kappa shape index (κ3) is 3.02. The minimum atomic E-state index is 0.962. The molecule has 43 heavy (non-hydrogen) atoms. The van der Waals surface area contributed by atoms with Crippen molar-refractivity contribution < 1.29 is 0 Å². The van der Waals surface area contributed by atoms with Crippen molar-refractivity contribution >= 4 is 71.1 Å². The number of hydrogen-bond donors (Lipinski definition) is 0. The van der Waals surface area contributed by atoms with E-state index >= 15 is 0 Å². The van der Waals surface area contributed by atoms with Gasteiger partial charge in [-0.05, 0) is 53.9 Å². The molecule has 0 spiro atoms. The maximum Gasteiger partial charge on any atom is 0.147 e. The Morgan fingerprint density at radius 3 is 1.47 bits per heavy atom. The molecule has 4 aromatic heterocycles. The third-order valence-electron chi connectivity index (χ3n) is 9.00. The molecule has 0 fully saturated rings. The van der Waals surface area contributed by atoms with Crippen LogP contribution in [0, 0.1) is 0 Å². The predicted molar refractivity (Wildman–Crippen MR) is 179 cm³/mol. The predicted octanol–water partition coefficient (Wildman–Crippen LogP) is 9.83. The van der Waals surface area contributed by atoms with Crippen molar-refractivity contribution in [3.8, 4) is 11.5 Å². The number of benzene rings is 6. The van der Waals surface area contributed by atoms with Gasteiger partial charge in [-0.15, -0.1) is 0 Å². The Hall–Kier alpha value is -5.87. The van der Waals surface area contributed by atoms with E-state index in [0.29, 0.717) is 0 Å². The van der Waals surface area contributed by atoms with E-state index in [9.17, 15) is 0 Å². The van der Waals surface area contributed by atoms with Crippen LogP contribution in [0.4, 0.5) is 0 Å². The van der Waals surface area contributed by atoms with Crippen molar-refractivity contribution in [3.05, 3.63) is 146 Å². The number of para-hydroxylation sites is 4. The number of nitrogens with zero attached hydrogens (tertiary/aromatic N) is 4. The van der Waals surface area contributed by atoms with Crippen LogP contribution in [0.25, 0.3) is 82.6 Å². The maximum absolute atomic E-state index is 5.26. The highest BCUT2D eigenvalue weighted by Gasteiger charge is 2.19. The summed E-state index contributed by atoms with van der Waals surface area (Å²) >= 11 is 0. The molecule has 0 aliphatic heterocycles. The summed E-state index contributed by atoms with van der Waals surface area (Å²) in [4.78, 5) is 5.26. The molecule has 0 unspecified atom stereocenters. The molecule has 0 saturated carbocycles. The summed E-state index contributed by atoms with van der Waals surface area (Å²) in [6.45, 7) is 0. The van der Waals surface area contributed by atoms with Gasteiger partial charge < -0.3 is 4.57 Å². The molecule has 10 rings (SSSR count). The largest absolute Gasteiger partial charge is 0.309 e. The molecular weight excluding hydrogens is 524 g/mol. The average Bonchev–Trinajstić information content (AvgIpc) is 3.72. The van der Waals surface area contributed by atoms with Gasteiger partial charge in [0.1, 0.15) is 11.5 Å². The number of imidazole rings is 1. The van der Waals surface area contributed by atoms with E-state index in [-0.39, 0.29) is 0 Å². The van der Waals surface area contributed by atoms with E-state index in [2.05, 4.69) is 159 Å². The van der Waals surface area contributed by atoms with Crippen LogP contribution in [0.5, 0.6) is 0 Å². The normalized spacial score (nSPS) is 12.2. The van der Waals surface area contributed by atoms with E-state index in [1.54, 1.807) is 0 Å². The highest BCUT2D eigenvalue weighted by atomic mass is 15.2. The van der Waals surface area contributed by atoms with Crippen LogP contribution in [-0.2, 0) is 0 Å². The molecule has 6 aromatic carbocycles. The third-order valence-corrected chi connectivity index (χ3v) is 9.00. The Kier molecular flexibility index (Phi) is 4.42. The smallest absolute Gasteiger partial charge is 0.147 e. The lowest BCUT2D eigenvalue weighted by molar-refractivity contribution is 1.05. The molecular formula is C39H24N4. The summed E-state index contributed by atoms with van der Waals surface area (Å²) in [5, 5.41) is 7.32. The Morgan fingerprint density at radius 1 is 0.395 bits per heavy atom. The summed E-state index contributed by atoms with van der Waals surface area (Å²) in [7, 11) is 0. The van der Waals surface area contributed by atoms with Crippen molar-refractivity contribution in [2.24, 2.45) is 0 Å². The second kappa shape index (κ2) is 8.34. The van der Waals surface area contributed by atoms with E-state index < -0.39 is 0 Å². The lowest BCUT2D eigenvalue weighted by Crippen LogP contribution is -2.03. The minimum absolute atomic E-state index is 0.962. The Labute approximate surface area is 246 Å². The van der Waals surface area contributed by atoms with Crippen molar-refractivity contribution in [1.29, 1.82) is 0 Å². The lowest BCUT2D eigenvalue weighted by atomic mass is 10.1. The van der Waals surface area contributed by atoms with E-state index in [1.807, 2.05) is 0 Å². The fourth-order valence-corrected chi connectivity index (χ4v) is 7.18. The van der Waals surface area contributed by atoms with Gasteiger partial charge in [0.25, 0.3) is 0 Å². The van der Waals surface area contributed by atoms with Crippen molar-refractivity contribution in [2.75, 3.05) is 0 Å².